The molecule has 1 saturated heterocycles. The van der Waals surface area contributed by atoms with E-state index in [1.54, 1.807) is 4.90 Å². The second kappa shape index (κ2) is 10.4. The average molecular weight is 450 g/mol. The van der Waals surface area contributed by atoms with Gasteiger partial charge in [0.05, 0.1) is 19.3 Å². The van der Waals surface area contributed by atoms with E-state index in [2.05, 4.69) is 46.6 Å². The molecule has 6 heteroatoms. The van der Waals surface area contributed by atoms with Gasteiger partial charge in [-0.05, 0) is 41.7 Å². The van der Waals surface area contributed by atoms with E-state index in [4.69, 9.17) is 4.74 Å². The number of carbonyl (C=O) groups is 2. The minimum atomic E-state index is -0.485. The van der Waals surface area contributed by atoms with Gasteiger partial charge in [-0.2, -0.15) is 0 Å². The first-order valence-corrected chi connectivity index (χ1v) is 12.0. The Hall–Kier alpha value is -2.86. The molecule has 2 atom stereocenters. The number of hydrogen-bond donors (Lipinski definition) is 1. The van der Waals surface area contributed by atoms with Crippen molar-refractivity contribution in [3.05, 3.63) is 65.2 Å². The van der Waals surface area contributed by atoms with Gasteiger partial charge in [-0.3, -0.25) is 9.59 Å². The van der Waals surface area contributed by atoms with Crippen LogP contribution in [0.5, 0.6) is 0 Å². The van der Waals surface area contributed by atoms with Gasteiger partial charge in [0.25, 0.3) is 0 Å². The Bertz CT molecular complexity index is 967. The van der Waals surface area contributed by atoms with Crippen molar-refractivity contribution in [3.63, 3.8) is 0 Å². The van der Waals surface area contributed by atoms with E-state index in [-0.39, 0.29) is 23.8 Å². The quantitative estimate of drug-likeness (QED) is 0.731. The molecule has 2 heterocycles. The lowest BCUT2D eigenvalue weighted by atomic mass is 9.92. The molecule has 2 aliphatic rings. The Labute approximate surface area is 196 Å². The van der Waals surface area contributed by atoms with Gasteiger partial charge in [0, 0.05) is 38.2 Å². The van der Waals surface area contributed by atoms with Crippen LogP contribution >= 0.6 is 0 Å². The zero-order valence-electron chi connectivity index (χ0n) is 19.9. The maximum atomic E-state index is 13.4. The molecule has 0 bridgehead atoms. The van der Waals surface area contributed by atoms with Crippen molar-refractivity contribution in [2.24, 2.45) is 5.92 Å². The fraction of sp³-hybridized carbons (Fsp3) is 0.481. The van der Waals surface area contributed by atoms with Crippen LogP contribution in [0.15, 0.2) is 48.5 Å². The summed E-state index contributed by atoms with van der Waals surface area (Å²) in [5.41, 5.74) is 4.51. The lowest BCUT2D eigenvalue weighted by Gasteiger charge is -2.37. The lowest BCUT2D eigenvalue weighted by Crippen LogP contribution is -2.53. The molecule has 2 amide bonds. The summed E-state index contributed by atoms with van der Waals surface area (Å²) >= 11 is 0. The number of fused-ring (bicyclic) bond motifs is 1. The number of amides is 2. The fourth-order valence-corrected chi connectivity index (χ4v) is 4.67. The van der Waals surface area contributed by atoms with Crippen LogP contribution in [-0.2, 0) is 27.3 Å². The molecule has 2 aromatic carbocycles. The number of nitrogens with zero attached hydrogens (tertiary/aromatic N) is 2. The van der Waals surface area contributed by atoms with Gasteiger partial charge in [0.2, 0.25) is 11.8 Å². The summed E-state index contributed by atoms with van der Waals surface area (Å²) in [5, 5.41) is 3.17. The van der Waals surface area contributed by atoms with Crippen molar-refractivity contribution in [2.45, 2.75) is 52.2 Å². The number of morpholine rings is 1. The Morgan fingerprint density at radius 3 is 2.33 bits per heavy atom. The summed E-state index contributed by atoms with van der Waals surface area (Å²) in [4.78, 5) is 30.5. The fourth-order valence-electron chi connectivity index (χ4n) is 4.67. The van der Waals surface area contributed by atoms with Crippen molar-refractivity contribution in [1.29, 1.82) is 0 Å². The number of hydrogen-bond acceptors (Lipinski definition) is 4. The molecular weight excluding hydrogens is 414 g/mol. The molecule has 6 nitrogen and oxygen atoms in total. The van der Waals surface area contributed by atoms with Crippen LogP contribution in [0, 0.1) is 5.92 Å². The number of anilines is 1. The number of carbonyl (C=O) groups excluding carboxylic acids is 2. The van der Waals surface area contributed by atoms with Crippen molar-refractivity contribution in [2.75, 3.05) is 31.2 Å². The third kappa shape index (κ3) is 5.56. The highest BCUT2D eigenvalue weighted by Crippen LogP contribution is 2.26. The van der Waals surface area contributed by atoms with Gasteiger partial charge in [0.15, 0.2) is 0 Å². The van der Waals surface area contributed by atoms with E-state index in [0.29, 0.717) is 19.4 Å². The monoisotopic (exact) mass is 449 g/mol. The Kier molecular flexibility index (Phi) is 7.33. The first-order valence-electron chi connectivity index (χ1n) is 12.0. The normalized spacial score (nSPS) is 19.2. The standard InChI is InChI=1S/C27H35N3O3/c1-19(2)16-26(31)30-18-23-7-5-4-6-22(23)17-25(30)27(32)28-20(3)21-8-10-24(11-9-21)29-12-14-33-15-13-29/h4-11,19-20,25H,12-18H2,1-3H3,(H,28,32). The largest absolute Gasteiger partial charge is 0.378 e. The number of rotatable bonds is 6. The summed E-state index contributed by atoms with van der Waals surface area (Å²) in [6.45, 7) is 9.86. The summed E-state index contributed by atoms with van der Waals surface area (Å²) in [6, 6.07) is 15.9. The molecule has 1 N–H and O–H groups in total. The van der Waals surface area contributed by atoms with Crippen LogP contribution in [0.25, 0.3) is 0 Å². The third-order valence-electron chi connectivity index (χ3n) is 6.58. The molecule has 2 aromatic rings. The van der Waals surface area contributed by atoms with Crippen molar-refractivity contribution in [3.8, 4) is 0 Å². The molecule has 1 fully saturated rings. The third-order valence-corrected chi connectivity index (χ3v) is 6.58. The molecule has 4 rings (SSSR count). The predicted octanol–water partition coefficient (Wildman–Crippen LogP) is 3.70. The predicted molar refractivity (Wildman–Crippen MR) is 130 cm³/mol. The highest BCUT2D eigenvalue weighted by Gasteiger charge is 2.35. The van der Waals surface area contributed by atoms with Crippen LogP contribution in [0.3, 0.4) is 0 Å². The number of nitrogens with one attached hydrogen (secondary N) is 1. The Morgan fingerprint density at radius 2 is 1.67 bits per heavy atom. The minimum absolute atomic E-state index is 0.0437. The van der Waals surface area contributed by atoms with Crippen molar-refractivity contribution in [1.82, 2.24) is 10.2 Å². The number of ether oxygens (including phenoxy) is 1. The second-order valence-corrected chi connectivity index (χ2v) is 9.53. The van der Waals surface area contributed by atoms with Crippen LogP contribution in [0.2, 0.25) is 0 Å². The van der Waals surface area contributed by atoms with Gasteiger partial charge >= 0.3 is 0 Å². The first kappa shape index (κ1) is 23.3. The molecule has 2 aliphatic heterocycles. The SMILES string of the molecule is CC(C)CC(=O)N1Cc2ccccc2CC1C(=O)NC(C)c1ccc(N2CCOCC2)cc1. The summed E-state index contributed by atoms with van der Waals surface area (Å²) in [5.74, 6) is 0.204. The average Bonchev–Trinajstić information content (AvgIpc) is 2.83. The maximum absolute atomic E-state index is 13.4. The van der Waals surface area contributed by atoms with Gasteiger partial charge < -0.3 is 19.9 Å². The van der Waals surface area contributed by atoms with Gasteiger partial charge in [0.1, 0.15) is 6.04 Å². The Morgan fingerprint density at radius 1 is 1.00 bits per heavy atom. The van der Waals surface area contributed by atoms with E-state index in [1.807, 2.05) is 32.9 Å². The van der Waals surface area contributed by atoms with Crippen LogP contribution in [0.4, 0.5) is 5.69 Å². The van der Waals surface area contributed by atoms with Crippen molar-refractivity contribution < 1.29 is 14.3 Å². The summed E-state index contributed by atoms with van der Waals surface area (Å²) in [7, 11) is 0. The van der Waals surface area contributed by atoms with E-state index < -0.39 is 6.04 Å². The maximum Gasteiger partial charge on any atom is 0.243 e. The van der Waals surface area contributed by atoms with Crippen LogP contribution < -0.4 is 10.2 Å². The lowest BCUT2D eigenvalue weighted by molar-refractivity contribution is -0.142. The molecule has 0 saturated carbocycles. The van der Waals surface area contributed by atoms with Gasteiger partial charge in [-0.25, -0.2) is 0 Å². The smallest absolute Gasteiger partial charge is 0.243 e. The highest BCUT2D eigenvalue weighted by molar-refractivity contribution is 5.88. The molecule has 176 valence electrons. The van der Waals surface area contributed by atoms with E-state index in [9.17, 15) is 9.59 Å². The summed E-state index contributed by atoms with van der Waals surface area (Å²) < 4.78 is 5.44. The second-order valence-electron chi connectivity index (χ2n) is 9.53. The van der Waals surface area contributed by atoms with Crippen molar-refractivity contribution >= 4 is 17.5 Å². The molecular formula is C27H35N3O3. The topological polar surface area (TPSA) is 61.9 Å². The molecule has 0 aliphatic carbocycles. The highest BCUT2D eigenvalue weighted by atomic mass is 16.5. The van der Waals surface area contributed by atoms with Gasteiger partial charge in [-0.1, -0.05) is 50.2 Å². The number of benzene rings is 2. The Balaban J connectivity index is 1.46. The minimum Gasteiger partial charge on any atom is -0.378 e. The molecule has 0 spiro atoms. The zero-order chi connectivity index (χ0) is 23.4. The van der Waals surface area contributed by atoms with Crippen LogP contribution in [0.1, 0.15) is 49.9 Å². The van der Waals surface area contributed by atoms with E-state index >= 15 is 0 Å². The first-order chi connectivity index (χ1) is 15.9. The zero-order valence-corrected chi connectivity index (χ0v) is 19.9. The van der Waals surface area contributed by atoms with Gasteiger partial charge in [-0.15, -0.1) is 0 Å². The molecule has 0 aromatic heterocycles. The van der Waals surface area contributed by atoms with E-state index in [0.717, 1.165) is 43.0 Å². The summed E-state index contributed by atoms with van der Waals surface area (Å²) in [6.07, 6.45) is 0.999. The van der Waals surface area contributed by atoms with Crippen LogP contribution in [-0.4, -0.2) is 49.1 Å². The molecule has 33 heavy (non-hydrogen) atoms. The van der Waals surface area contributed by atoms with E-state index in [1.165, 1.54) is 5.69 Å². The molecule has 0 radical (unpaired) electrons. The molecule has 2 unspecified atom stereocenters.